The molecule has 0 fully saturated rings. The first kappa shape index (κ1) is 14.1. The molecular weight excluding hydrogens is 254 g/mol. The Bertz CT molecular complexity index is 96.3. The van der Waals surface area contributed by atoms with Crippen LogP contribution in [0.1, 0.15) is 25.7 Å². The summed E-state index contributed by atoms with van der Waals surface area (Å²) < 4.78 is 5.30. The van der Waals surface area contributed by atoms with E-state index in [-0.39, 0.29) is 9.67 Å². The molecule has 0 N–H and O–H groups in total. The summed E-state index contributed by atoms with van der Waals surface area (Å²) in [5.41, 5.74) is 0. The van der Waals surface area contributed by atoms with Gasteiger partial charge in [-0.25, -0.2) is 0 Å². The van der Waals surface area contributed by atoms with E-state index in [4.69, 9.17) is 51.1 Å². The van der Waals surface area contributed by atoms with Crippen molar-refractivity contribution in [1.82, 2.24) is 0 Å². The van der Waals surface area contributed by atoms with E-state index in [1.807, 2.05) is 0 Å². The van der Waals surface area contributed by atoms with Crippen molar-refractivity contribution in [3.8, 4) is 0 Å². The molecule has 0 rings (SSSR count). The van der Waals surface area contributed by atoms with Crippen molar-refractivity contribution >= 4 is 46.4 Å². The Balaban J connectivity index is 2.92. The minimum Gasteiger partial charge on any atom is -0.381 e. The van der Waals surface area contributed by atoms with Crippen molar-refractivity contribution in [1.29, 1.82) is 0 Å². The number of hydrogen-bond donors (Lipinski definition) is 0. The molecule has 80 valence electrons. The molecule has 0 aromatic rings. The van der Waals surface area contributed by atoms with Gasteiger partial charge in [-0.05, 0) is 25.7 Å². The number of ether oxygens (including phenoxy) is 1. The number of rotatable bonds is 8. The van der Waals surface area contributed by atoms with Gasteiger partial charge in [-0.2, -0.15) is 0 Å². The molecule has 0 aliphatic heterocycles. The lowest BCUT2D eigenvalue weighted by Gasteiger charge is -2.04. The predicted octanol–water partition coefficient (Wildman–Crippen LogP) is 4.17. The van der Waals surface area contributed by atoms with Crippen LogP contribution in [0.3, 0.4) is 0 Å². The summed E-state index contributed by atoms with van der Waals surface area (Å²) in [7, 11) is 0. The van der Waals surface area contributed by atoms with Crippen LogP contribution in [0, 0.1) is 0 Å². The van der Waals surface area contributed by atoms with Crippen LogP contribution in [-0.4, -0.2) is 22.9 Å². The van der Waals surface area contributed by atoms with Crippen LogP contribution in [0.2, 0.25) is 0 Å². The standard InChI is InChI=1S/C8H14Cl4O/c9-7(10)3-1-5-13-6-2-4-8(11)12/h7-8H,1-6H2. The second-order valence-corrected chi connectivity index (χ2v) is 5.23. The average molecular weight is 268 g/mol. The Morgan fingerprint density at radius 2 is 1.15 bits per heavy atom. The van der Waals surface area contributed by atoms with Crippen LogP contribution in [0.4, 0.5) is 0 Å². The van der Waals surface area contributed by atoms with Crippen molar-refractivity contribution in [2.45, 2.75) is 35.4 Å². The molecule has 0 radical (unpaired) electrons. The van der Waals surface area contributed by atoms with E-state index in [9.17, 15) is 0 Å². The summed E-state index contributed by atoms with van der Waals surface area (Å²) in [6, 6.07) is 0. The normalized spacial score (nSPS) is 11.5. The molecule has 5 heteroatoms. The maximum absolute atomic E-state index is 5.53. The Kier molecular flexibility index (Phi) is 10.5. The molecule has 0 saturated heterocycles. The maximum Gasteiger partial charge on any atom is 0.107 e. The molecule has 0 atom stereocenters. The van der Waals surface area contributed by atoms with Gasteiger partial charge in [-0.1, -0.05) is 0 Å². The highest BCUT2D eigenvalue weighted by Crippen LogP contribution is 2.11. The fraction of sp³-hybridized carbons (Fsp3) is 1.00. The van der Waals surface area contributed by atoms with Crippen molar-refractivity contribution < 1.29 is 4.74 Å². The smallest absolute Gasteiger partial charge is 0.107 e. The second kappa shape index (κ2) is 9.67. The predicted molar refractivity (Wildman–Crippen MR) is 60.3 cm³/mol. The highest BCUT2D eigenvalue weighted by atomic mass is 35.5. The van der Waals surface area contributed by atoms with Crippen molar-refractivity contribution in [2.24, 2.45) is 0 Å². The van der Waals surface area contributed by atoms with Gasteiger partial charge < -0.3 is 4.74 Å². The molecule has 0 aliphatic carbocycles. The molecule has 0 aromatic heterocycles. The van der Waals surface area contributed by atoms with E-state index >= 15 is 0 Å². The zero-order valence-corrected chi connectivity index (χ0v) is 10.3. The summed E-state index contributed by atoms with van der Waals surface area (Å²) >= 11 is 22.1. The minimum absolute atomic E-state index is 0.279. The van der Waals surface area contributed by atoms with E-state index in [1.54, 1.807) is 0 Å². The Labute approximate surface area is 99.6 Å². The highest BCUT2D eigenvalue weighted by molar-refractivity contribution is 6.44. The Hall–Kier alpha value is 1.12. The zero-order valence-electron chi connectivity index (χ0n) is 7.32. The molecule has 0 aliphatic rings. The van der Waals surface area contributed by atoms with Gasteiger partial charge in [0.15, 0.2) is 0 Å². The Morgan fingerprint density at radius 3 is 1.46 bits per heavy atom. The minimum atomic E-state index is -0.279. The molecule has 13 heavy (non-hydrogen) atoms. The van der Waals surface area contributed by atoms with Gasteiger partial charge in [-0.3, -0.25) is 0 Å². The fourth-order valence-corrected chi connectivity index (χ4v) is 1.40. The van der Waals surface area contributed by atoms with Crippen LogP contribution < -0.4 is 0 Å². The summed E-state index contributed by atoms with van der Waals surface area (Å²) in [4.78, 5) is -0.558. The molecular formula is C8H14Cl4O. The zero-order chi connectivity index (χ0) is 10.1. The summed E-state index contributed by atoms with van der Waals surface area (Å²) in [6.07, 6.45) is 3.33. The van der Waals surface area contributed by atoms with Crippen LogP contribution in [0.25, 0.3) is 0 Å². The fourth-order valence-electron chi connectivity index (χ4n) is 0.781. The van der Waals surface area contributed by atoms with E-state index in [2.05, 4.69) is 0 Å². The third-order valence-electron chi connectivity index (χ3n) is 1.42. The lowest BCUT2D eigenvalue weighted by atomic mass is 10.3. The van der Waals surface area contributed by atoms with Crippen LogP contribution in [-0.2, 0) is 4.74 Å². The SMILES string of the molecule is ClC(Cl)CCCOCCCC(Cl)Cl. The summed E-state index contributed by atoms with van der Waals surface area (Å²) in [5, 5.41) is 0. The van der Waals surface area contributed by atoms with Gasteiger partial charge in [0.05, 0.1) is 0 Å². The number of alkyl halides is 4. The molecule has 0 bridgehead atoms. The topological polar surface area (TPSA) is 9.23 Å². The van der Waals surface area contributed by atoms with Gasteiger partial charge in [0, 0.05) is 13.2 Å². The third-order valence-corrected chi connectivity index (χ3v) is 2.29. The van der Waals surface area contributed by atoms with E-state index in [0.29, 0.717) is 13.2 Å². The first-order valence-corrected chi connectivity index (χ1v) is 6.01. The van der Waals surface area contributed by atoms with Crippen LogP contribution in [0.5, 0.6) is 0 Å². The second-order valence-electron chi connectivity index (χ2n) is 2.68. The number of halogens is 4. The summed E-state index contributed by atoms with van der Waals surface area (Å²) in [6.45, 7) is 1.40. The lowest BCUT2D eigenvalue weighted by Crippen LogP contribution is -2.00. The molecule has 0 saturated carbocycles. The maximum atomic E-state index is 5.53. The molecule has 0 unspecified atom stereocenters. The van der Waals surface area contributed by atoms with E-state index < -0.39 is 0 Å². The third kappa shape index (κ3) is 13.1. The number of hydrogen-bond acceptors (Lipinski definition) is 1. The van der Waals surface area contributed by atoms with Gasteiger partial charge in [0.25, 0.3) is 0 Å². The first-order valence-electron chi connectivity index (χ1n) is 4.27. The molecule has 0 heterocycles. The lowest BCUT2D eigenvalue weighted by molar-refractivity contribution is 0.128. The van der Waals surface area contributed by atoms with Crippen molar-refractivity contribution in [2.75, 3.05) is 13.2 Å². The van der Waals surface area contributed by atoms with Gasteiger partial charge in [0.1, 0.15) is 9.67 Å². The van der Waals surface area contributed by atoms with Gasteiger partial charge in [-0.15, -0.1) is 46.4 Å². The first-order chi connectivity index (χ1) is 6.13. The average Bonchev–Trinajstić information content (AvgIpc) is 2.01. The quantitative estimate of drug-likeness (QED) is 0.474. The Morgan fingerprint density at radius 1 is 0.769 bits per heavy atom. The summed E-state index contributed by atoms with van der Waals surface area (Å²) in [5.74, 6) is 0. The molecule has 0 spiro atoms. The highest BCUT2D eigenvalue weighted by Gasteiger charge is 1.99. The van der Waals surface area contributed by atoms with Crippen molar-refractivity contribution in [3.05, 3.63) is 0 Å². The van der Waals surface area contributed by atoms with E-state index in [1.165, 1.54) is 0 Å². The van der Waals surface area contributed by atoms with Gasteiger partial charge in [0.2, 0.25) is 0 Å². The van der Waals surface area contributed by atoms with Crippen molar-refractivity contribution in [3.63, 3.8) is 0 Å². The largest absolute Gasteiger partial charge is 0.381 e. The van der Waals surface area contributed by atoms with Crippen LogP contribution in [0.15, 0.2) is 0 Å². The molecule has 1 nitrogen and oxygen atoms in total. The molecule has 0 amide bonds. The van der Waals surface area contributed by atoms with Crippen LogP contribution >= 0.6 is 46.4 Å². The monoisotopic (exact) mass is 266 g/mol. The molecule has 0 aromatic carbocycles. The van der Waals surface area contributed by atoms with Gasteiger partial charge >= 0.3 is 0 Å². The van der Waals surface area contributed by atoms with E-state index in [0.717, 1.165) is 25.7 Å².